The van der Waals surface area contributed by atoms with Gasteiger partial charge in [0.15, 0.2) is 6.61 Å². The first kappa shape index (κ1) is 13.5. The molecule has 0 saturated carbocycles. The van der Waals surface area contributed by atoms with Crippen LogP contribution in [0.2, 0.25) is 4.34 Å². The first-order chi connectivity index (χ1) is 7.61. The van der Waals surface area contributed by atoms with Gasteiger partial charge in [-0.25, -0.2) is 0 Å². The van der Waals surface area contributed by atoms with Gasteiger partial charge < -0.3 is 4.74 Å². The quantitative estimate of drug-likeness (QED) is 0.720. The molecule has 1 aromatic heterocycles. The number of hydrogen-bond acceptors (Lipinski definition) is 6. The van der Waals surface area contributed by atoms with Crippen molar-refractivity contribution in [3.05, 3.63) is 15.8 Å². The molecular formula is C8H9ClO5PS+. The van der Waals surface area contributed by atoms with Crippen LogP contribution >= 0.6 is 31.2 Å². The molecule has 0 saturated heterocycles. The van der Waals surface area contributed by atoms with Crippen LogP contribution in [-0.2, 0) is 18.4 Å². The monoisotopic (exact) mass is 283 g/mol. The molecule has 1 heterocycles. The van der Waals surface area contributed by atoms with Crippen LogP contribution in [0, 0.1) is 0 Å². The number of carbonyl (C=O) groups excluding carboxylic acids is 1. The Hall–Kier alpha value is -0.520. The van der Waals surface area contributed by atoms with Crippen LogP contribution in [0.3, 0.4) is 0 Å². The minimum absolute atomic E-state index is 0.153. The lowest BCUT2D eigenvalue weighted by Gasteiger charge is -1.99. The first-order valence-electron chi connectivity index (χ1n) is 4.14. The second kappa shape index (κ2) is 6.93. The van der Waals surface area contributed by atoms with E-state index >= 15 is 0 Å². The van der Waals surface area contributed by atoms with Gasteiger partial charge in [0.05, 0.1) is 11.4 Å². The molecule has 1 unspecified atom stereocenters. The van der Waals surface area contributed by atoms with E-state index in [0.717, 1.165) is 0 Å². The van der Waals surface area contributed by atoms with E-state index in [0.29, 0.717) is 10.1 Å². The van der Waals surface area contributed by atoms with Crippen molar-refractivity contribution in [2.45, 2.75) is 0 Å². The van der Waals surface area contributed by atoms with E-state index in [-0.39, 0.29) is 19.0 Å². The SMILES string of the molecule is CO[P+](=O)OCC(=O)COc1csc(Cl)c1. The third-order valence-corrected chi connectivity index (χ3v) is 3.13. The highest BCUT2D eigenvalue weighted by Crippen LogP contribution is 2.25. The minimum atomic E-state index is -2.22. The molecule has 0 radical (unpaired) electrons. The van der Waals surface area contributed by atoms with Crippen LogP contribution in [0.1, 0.15) is 0 Å². The van der Waals surface area contributed by atoms with Gasteiger partial charge in [0.1, 0.15) is 12.4 Å². The zero-order valence-electron chi connectivity index (χ0n) is 8.34. The number of hydrogen-bond donors (Lipinski definition) is 0. The number of ether oxygens (including phenoxy) is 1. The summed E-state index contributed by atoms with van der Waals surface area (Å²) < 4.78 is 25.3. The lowest BCUT2D eigenvalue weighted by Crippen LogP contribution is -2.15. The summed E-state index contributed by atoms with van der Waals surface area (Å²) >= 11 is 6.98. The summed E-state index contributed by atoms with van der Waals surface area (Å²) in [5.41, 5.74) is 0. The number of rotatable bonds is 7. The van der Waals surface area contributed by atoms with E-state index in [2.05, 4.69) is 9.05 Å². The summed E-state index contributed by atoms with van der Waals surface area (Å²) in [6.07, 6.45) is 0. The molecule has 88 valence electrons. The predicted octanol–water partition coefficient (Wildman–Crippen LogP) is 2.67. The van der Waals surface area contributed by atoms with E-state index in [4.69, 9.17) is 16.3 Å². The third-order valence-electron chi connectivity index (χ3n) is 1.42. The molecule has 0 bridgehead atoms. The average molecular weight is 284 g/mol. The van der Waals surface area contributed by atoms with Crippen LogP contribution in [0.25, 0.3) is 0 Å². The van der Waals surface area contributed by atoms with E-state index in [1.54, 1.807) is 11.4 Å². The normalized spacial score (nSPS) is 11.2. The highest BCUT2D eigenvalue weighted by molar-refractivity contribution is 7.33. The Balaban J connectivity index is 2.22. The van der Waals surface area contributed by atoms with E-state index in [9.17, 15) is 9.36 Å². The smallest absolute Gasteiger partial charge is 0.485 e. The topological polar surface area (TPSA) is 61.8 Å². The lowest BCUT2D eigenvalue weighted by molar-refractivity contribution is -0.123. The Morgan fingerprint density at radius 2 is 2.31 bits per heavy atom. The van der Waals surface area contributed by atoms with Gasteiger partial charge in [-0.05, 0) is 0 Å². The number of thiophene rings is 1. The lowest BCUT2D eigenvalue weighted by atomic mass is 10.4. The molecule has 8 heteroatoms. The summed E-state index contributed by atoms with van der Waals surface area (Å²) in [6, 6.07) is 1.61. The number of ketones is 1. The Kier molecular flexibility index (Phi) is 5.87. The van der Waals surface area contributed by atoms with E-state index < -0.39 is 8.25 Å². The van der Waals surface area contributed by atoms with Gasteiger partial charge in [-0.2, -0.15) is 0 Å². The van der Waals surface area contributed by atoms with Crippen LogP contribution in [0.15, 0.2) is 11.4 Å². The van der Waals surface area contributed by atoms with Crippen molar-refractivity contribution in [2.24, 2.45) is 0 Å². The van der Waals surface area contributed by atoms with Crippen molar-refractivity contribution >= 4 is 37.0 Å². The maximum Gasteiger partial charge on any atom is 0.697 e. The molecule has 0 amide bonds. The Bertz CT molecular complexity index is 380. The fourth-order valence-corrected chi connectivity index (χ4v) is 1.90. The summed E-state index contributed by atoms with van der Waals surface area (Å²) in [5, 5.41) is 1.69. The molecule has 5 nitrogen and oxygen atoms in total. The number of carbonyl (C=O) groups is 1. The fraction of sp³-hybridized carbons (Fsp3) is 0.375. The second-order valence-corrected chi connectivity index (χ2v) is 5.21. The standard InChI is InChI=1S/C8H9ClO5PS/c1-12-15(11)14-4-6(10)3-13-7-2-8(9)16-5-7/h2,5H,3-4H2,1H3/q+1. The average Bonchev–Trinajstić information content (AvgIpc) is 2.69. The summed E-state index contributed by atoms with van der Waals surface area (Å²) in [7, 11) is -0.988. The number of halogens is 1. The number of Topliss-reactive ketones (excluding diaryl/α,β-unsaturated/α-hetero) is 1. The van der Waals surface area contributed by atoms with Crippen molar-refractivity contribution in [3.63, 3.8) is 0 Å². The van der Waals surface area contributed by atoms with Crippen LogP contribution in [0.4, 0.5) is 0 Å². The zero-order chi connectivity index (χ0) is 12.0. The summed E-state index contributed by atoms with van der Waals surface area (Å²) in [5.74, 6) is 0.196. The molecule has 1 atom stereocenters. The van der Waals surface area contributed by atoms with Gasteiger partial charge in [0, 0.05) is 16.0 Å². The molecule has 16 heavy (non-hydrogen) atoms. The van der Waals surface area contributed by atoms with Gasteiger partial charge in [-0.15, -0.1) is 20.4 Å². The molecule has 0 spiro atoms. The van der Waals surface area contributed by atoms with Crippen LogP contribution < -0.4 is 4.74 Å². The molecular weight excluding hydrogens is 275 g/mol. The first-order valence-corrected chi connectivity index (χ1v) is 6.50. The maximum atomic E-state index is 11.2. The Morgan fingerprint density at radius 3 is 2.88 bits per heavy atom. The van der Waals surface area contributed by atoms with Crippen molar-refractivity contribution in [2.75, 3.05) is 20.3 Å². The summed E-state index contributed by atoms with van der Waals surface area (Å²) in [6.45, 7) is -0.457. The molecule has 1 aromatic rings. The van der Waals surface area contributed by atoms with Crippen LogP contribution in [0.5, 0.6) is 5.75 Å². The molecule has 0 fully saturated rings. The van der Waals surface area contributed by atoms with Crippen molar-refractivity contribution in [1.29, 1.82) is 0 Å². The maximum absolute atomic E-state index is 11.2. The van der Waals surface area contributed by atoms with E-state index in [1.807, 2.05) is 0 Å². The summed E-state index contributed by atoms with van der Waals surface area (Å²) in [4.78, 5) is 11.2. The molecule has 0 aliphatic rings. The van der Waals surface area contributed by atoms with E-state index in [1.165, 1.54) is 18.4 Å². The zero-order valence-corrected chi connectivity index (χ0v) is 10.8. The predicted molar refractivity (Wildman–Crippen MR) is 60.4 cm³/mol. The second-order valence-electron chi connectivity index (χ2n) is 2.59. The molecule has 0 N–H and O–H groups in total. The fourth-order valence-electron chi connectivity index (χ4n) is 0.753. The molecule has 0 aliphatic heterocycles. The van der Waals surface area contributed by atoms with Crippen molar-refractivity contribution in [1.82, 2.24) is 0 Å². The van der Waals surface area contributed by atoms with Crippen molar-refractivity contribution < 1.29 is 23.1 Å². The largest absolute Gasteiger partial charge is 0.697 e. The highest BCUT2D eigenvalue weighted by atomic mass is 35.5. The highest BCUT2D eigenvalue weighted by Gasteiger charge is 2.19. The Labute approximate surface area is 102 Å². The molecule has 0 aromatic carbocycles. The van der Waals surface area contributed by atoms with Gasteiger partial charge >= 0.3 is 8.25 Å². The van der Waals surface area contributed by atoms with Gasteiger partial charge in [0.25, 0.3) is 0 Å². The molecule has 0 aliphatic carbocycles. The van der Waals surface area contributed by atoms with Crippen LogP contribution in [-0.4, -0.2) is 26.1 Å². The molecule has 1 rings (SSSR count). The third kappa shape index (κ3) is 5.01. The van der Waals surface area contributed by atoms with Gasteiger partial charge in [-0.3, -0.25) is 4.79 Å². The minimum Gasteiger partial charge on any atom is -0.485 e. The van der Waals surface area contributed by atoms with Crippen molar-refractivity contribution in [3.8, 4) is 5.75 Å². The Morgan fingerprint density at radius 1 is 1.56 bits per heavy atom. The van der Waals surface area contributed by atoms with Gasteiger partial charge in [-0.1, -0.05) is 11.6 Å². The van der Waals surface area contributed by atoms with Gasteiger partial charge in [0.2, 0.25) is 5.78 Å².